The number of nitrogens with zero attached hydrogens (tertiary/aromatic N) is 3. The van der Waals surface area contributed by atoms with E-state index in [9.17, 15) is 13.2 Å². The number of fused-ring (bicyclic) bond motifs is 1. The van der Waals surface area contributed by atoms with Crippen LogP contribution >= 0.6 is 0 Å². The Kier molecular flexibility index (Phi) is 5.08. The first-order valence-electron chi connectivity index (χ1n) is 11.0. The van der Waals surface area contributed by atoms with Gasteiger partial charge in [0.25, 0.3) is 0 Å². The van der Waals surface area contributed by atoms with E-state index in [-0.39, 0.29) is 11.7 Å². The maximum absolute atomic E-state index is 12.3. The van der Waals surface area contributed by atoms with Gasteiger partial charge >= 0.3 is 0 Å². The minimum atomic E-state index is -3.19. The Morgan fingerprint density at radius 3 is 2.42 bits per heavy atom. The van der Waals surface area contributed by atoms with Crippen molar-refractivity contribution in [2.75, 3.05) is 36.8 Å². The molecular formula is C24H27N3O3S. The second kappa shape index (κ2) is 7.79. The fraction of sp³-hybridized carbons (Fsp3) is 0.417. The summed E-state index contributed by atoms with van der Waals surface area (Å²) in [7, 11) is -3.19. The molecule has 2 heterocycles. The van der Waals surface area contributed by atoms with Crippen LogP contribution in [-0.2, 0) is 21.1 Å². The van der Waals surface area contributed by atoms with Crippen molar-refractivity contribution >= 4 is 33.1 Å². The number of hydrogen-bond acceptors (Lipinski definition) is 5. The second-order valence-corrected chi connectivity index (χ2v) is 10.8. The smallest absolute Gasteiger partial charge is 0.225 e. The van der Waals surface area contributed by atoms with Gasteiger partial charge in [-0.15, -0.1) is 0 Å². The van der Waals surface area contributed by atoms with Crippen molar-refractivity contribution in [2.45, 2.75) is 31.1 Å². The maximum Gasteiger partial charge on any atom is 0.225 e. The number of anilines is 1. The van der Waals surface area contributed by atoms with Crippen molar-refractivity contribution < 1.29 is 13.2 Å². The minimum absolute atomic E-state index is 0.104. The van der Waals surface area contributed by atoms with Gasteiger partial charge in [0.15, 0.2) is 9.84 Å². The lowest BCUT2D eigenvalue weighted by atomic mass is 10.1. The number of hydrogen-bond donors (Lipinski definition) is 0. The molecule has 1 aliphatic heterocycles. The number of sulfone groups is 1. The van der Waals surface area contributed by atoms with Gasteiger partial charge < -0.3 is 9.80 Å². The van der Waals surface area contributed by atoms with E-state index in [4.69, 9.17) is 0 Å². The molecule has 1 aromatic carbocycles. The Morgan fingerprint density at radius 1 is 1.06 bits per heavy atom. The highest BCUT2D eigenvalue weighted by atomic mass is 32.2. The summed E-state index contributed by atoms with van der Waals surface area (Å²) >= 11 is 0. The second-order valence-electron chi connectivity index (χ2n) is 8.55. The summed E-state index contributed by atoms with van der Waals surface area (Å²) in [5, 5.41) is 0. The largest absolute Gasteiger partial charge is 0.367 e. The molecule has 162 valence electrons. The van der Waals surface area contributed by atoms with Crippen molar-refractivity contribution in [1.82, 2.24) is 9.88 Å². The minimum Gasteiger partial charge on any atom is -0.367 e. The molecule has 2 aliphatic carbocycles. The summed E-state index contributed by atoms with van der Waals surface area (Å²) in [5.74, 6) is 0.712. The van der Waals surface area contributed by atoms with E-state index in [2.05, 4.69) is 22.0 Å². The molecule has 1 amide bonds. The molecule has 0 radical (unpaired) electrons. The third-order valence-corrected chi connectivity index (χ3v) is 8.30. The molecule has 0 atom stereocenters. The Morgan fingerprint density at radius 2 is 1.77 bits per heavy atom. The number of piperazine rings is 1. The molecule has 3 aliphatic rings. The van der Waals surface area contributed by atoms with Crippen molar-refractivity contribution in [3.05, 3.63) is 53.3 Å². The van der Waals surface area contributed by atoms with Crippen molar-refractivity contribution in [2.24, 2.45) is 5.92 Å². The average molecular weight is 438 g/mol. The molecule has 0 unspecified atom stereocenters. The molecule has 0 spiro atoms. The van der Waals surface area contributed by atoms with Gasteiger partial charge in [-0.3, -0.25) is 9.78 Å². The summed E-state index contributed by atoms with van der Waals surface area (Å²) in [6.45, 7) is 4.88. The van der Waals surface area contributed by atoms with E-state index in [1.165, 1.54) is 5.69 Å². The third kappa shape index (κ3) is 3.87. The van der Waals surface area contributed by atoms with E-state index in [1.807, 2.05) is 23.2 Å². The lowest BCUT2D eigenvalue weighted by Gasteiger charge is -2.37. The summed E-state index contributed by atoms with van der Waals surface area (Å²) in [5.41, 5.74) is 5.54. The first kappa shape index (κ1) is 20.2. The number of aromatic nitrogens is 1. The van der Waals surface area contributed by atoms with Crippen LogP contribution in [0.2, 0.25) is 0 Å². The molecule has 0 bridgehead atoms. The number of amides is 1. The van der Waals surface area contributed by atoms with Gasteiger partial charge in [0.2, 0.25) is 5.91 Å². The number of benzene rings is 1. The van der Waals surface area contributed by atoms with E-state index in [0.717, 1.165) is 67.8 Å². The SMILES string of the molecule is CCS(=O)(=O)c1ccc(C2=Cc3c(N4CCN(C(=O)C5CC5)CC4)ccnc3C2)cc1. The van der Waals surface area contributed by atoms with Crippen LogP contribution in [0.15, 0.2) is 41.4 Å². The van der Waals surface area contributed by atoms with E-state index < -0.39 is 9.84 Å². The normalized spacial score (nSPS) is 18.7. The van der Waals surface area contributed by atoms with Crippen molar-refractivity contribution in [3.8, 4) is 0 Å². The number of carbonyl (C=O) groups is 1. The molecular weight excluding hydrogens is 410 g/mol. The summed E-state index contributed by atoms with van der Waals surface area (Å²) < 4.78 is 24.2. The van der Waals surface area contributed by atoms with Crippen LogP contribution in [0.3, 0.4) is 0 Å². The summed E-state index contributed by atoms with van der Waals surface area (Å²) in [6.07, 6.45) is 6.89. The van der Waals surface area contributed by atoms with E-state index in [0.29, 0.717) is 10.8 Å². The zero-order valence-corrected chi connectivity index (χ0v) is 18.6. The van der Waals surface area contributed by atoms with Crippen molar-refractivity contribution in [3.63, 3.8) is 0 Å². The Bertz CT molecular complexity index is 1140. The predicted molar refractivity (Wildman–Crippen MR) is 121 cm³/mol. The Labute approximate surface area is 183 Å². The molecule has 5 rings (SSSR count). The first-order valence-corrected chi connectivity index (χ1v) is 12.7. The average Bonchev–Trinajstić information content (AvgIpc) is 3.56. The fourth-order valence-electron chi connectivity index (χ4n) is 4.47. The molecule has 6 nitrogen and oxygen atoms in total. The first-order chi connectivity index (χ1) is 15.0. The van der Waals surface area contributed by atoms with E-state index in [1.54, 1.807) is 19.1 Å². The van der Waals surface area contributed by atoms with Gasteiger partial charge in [0.1, 0.15) is 0 Å². The van der Waals surface area contributed by atoms with Crippen LogP contribution in [-0.4, -0.2) is 56.1 Å². The topological polar surface area (TPSA) is 70.6 Å². The third-order valence-electron chi connectivity index (χ3n) is 6.55. The maximum atomic E-state index is 12.3. The molecule has 1 saturated heterocycles. The van der Waals surface area contributed by atoms with Gasteiger partial charge in [-0.2, -0.15) is 0 Å². The van der Waals surface area contributed by atoms with Gasteiger partial charge in [0, 0.05) is 56.0 Å². The lowest BCUT2D eigenvalue weighted by molar-refractivity contribution is -0.132. The van der Waals surface area contributed by atoms with Crippen LogP contribution in [0, 0.1) is 5.92 Å². The summed E-state index contributed by atoms with van der Waals surface area (Å²) in [6, 6.07) is 9.24. The Hall–Kier alpha value is -2.67. The monoisotopic (exact) mass is 437 g/mol. The number of rotatable bonds is 5. The predicted octanol–water partition coefficient (Wildman–Crippen LogP) is 3.03. The standard InChI is InChI=1S/C24H27N3O3S/c1-2-31(29,30)20-7-5-17(6-8-20)19-15-21-22(16-19)25-10-9-23(21)26-11-13-27(14-12-26)24(28)18-3-4-18/h5-10,15,18H,2-4,11-14,16H2,1H3. The zero-order chi connectivity index (χ0) is 21.6. The molecule has 1 saturated carbocycles. The molecule has 31 heavy (non-hydrogen) atoms. The van der Waals surface area contributed by atoms with Crippen LogP contribution in [0.25, 0.3) is 11.6 Å². The molecule has 7 heteroatoms. The highest BCUT2D eigenvalue weighted by Crippen LogP contribution is 2.37. The van der Waals surface area contributed by atoms with Crippen molar-refractivity contribution in [1.29, 1.82) is 0 Å². The molecule has 0 N–H and O–H groups in total. The van der Waals surface area contributed by atoms with Crippen LogP contribution in [0.5, 0.6) is 0 Å². The Balaban J connectivity index is 1.35. The van der Waals surface area contributed by atoms with Gasteiger partial charge in [-0.25, -0.2) is 8.42 Å². The van der Waals surface area contributed by atoms with Gasteiger partial charge in [0.05, 0.1) is 16.3 Å². The zero-order valence-electron chi connectivity index (χ0n) is 17.8. The van der Waals surface area contributed by atoms with Crippen LogP contribution < -0.4 is 4.90 Å². The molecule has 2 fully saturated rings. The number of carbonyl (C=O) groups excluding carboxylic acids is 1. The highest BCUT2D eigenvalue weighted by Gasteiger charge is 2.35. The molecule has 2 aromatic rings. The summed E-state index contributed by atoms with van der Waals surface area (Å²) in [4.78, 5) is 21.7. The van der Waals surface area contributed by atoms with Crippen LogP contribution in [0.1, 0.15) is 36.6 Å². The molecule has 1 aromatic heterocycles. The van der Waals surface area contributed by atoms with Gasteiger partial charge in [-0.05, 0) is 48.3 Å². The fourth-order valence-corrected chi connectivity index (χ4v) is 5.35. The quantitative estimate of drug-likeness (QED) is 0.719. The van der Waals surface area contributed by atoms with Crippen LogP contribution in [0.4, 0.5) is 5.69 Å². The highest BCUT2D eigenvalue weighted by molar-refractivity contribution is 7.91. The van der Waals surface area contributed by atoms with Gasteiger partial charge in [-0.1, -0.05) is 19.1 Å². The lowest BCUT2D eigenvalue weighted by Crippen LogP contribution is -2.49. The number of pyridine rings is 1. The van der Waals surface area contributed by atoms with E-state index >= 15 is 0 Å². The number of allylic oxidation sites excluding steroid dienone is 1.